The van der Waals surface area contributed by atoms with Crippen molar-refractivity contribution in [2.24, 2.45) is 26.1 Å². The van der Waals surface area contributed by atoms with Crippen LogP contribution in [0.1, 0.15) is 54.7 Å². The molecule has 0 atom stereocenters. The van der Waals surface area contributed by atoms with Crippen LogP contribution >= 0.6 is 23.2 Å². The summed E-state index contributed by atoms with van der Waals surface area (Å²) in [6.07, 6.45) is 6.47. The summed E-state index contributed by atoms with van der Waals surface area (Å²) in [7, 11) is 5.12. The first kappa shape index (κ1) is 37.1. The number of aryl methyl sites for hydroxylation is 3. The topological polar surface area (TPSA) is 159 Å². The SMILES string of the molecule is Cn1cc(NC(=O)c2cc(NC(=O)c3cc(NC(=O)c4ccc(N(CCCl)CCCl)cc4)cn3C)cn2C)cc1C(=O)NCCCC1=NCCN1. The van der Waals surface area contributed by atoms with E-state index in [0.717, 1.165) is 37.5 Å². The van der Waals surface area contributed by atoms with Crippen LogP contribution in [0.2, 0.25) is 0 Å². The predicted molar refractivity (Wildman–Crippen MR) is 202 cm³/mol. The predicted octanol–water partition coefficient (Wildman–Crippen LogP) is 4.25. The molecule has 0 aliphatic carbocycles. The number of anilines is 4. The molecular formula is C35H42Cl2N10O4. The average molecular weight is 738 g/mol. The van der Waals surface area contributed by atoms with Crippen molar-refractivity contribution in [3.63, 3.8) is 0 Å². The molecule has 270 valence electrons. The molecule has 1 aromatic carbocycles. The minimum Gasteiger partial charge on any atom is -0.372 e. The second kappa shape index (κ2) is 17.1. The van der Waals surface area contributed by atoms with Gasteiger partial charge in [-0.3, -0.25) is 24.2 Å². The van der Waals surface area contributed by atoms with Crippen molar-refractivity contribution < 1.29 is 19.2 Å². The molecule has 1 aliphatic rings. The molecule has 3 aromatic heterocycles. The Labute approximate surface area is 306 Å². The molecule has 0 fully saturated rings. The largest absolute Gasteiger partial charge is 0.372 e. The number of aliphatic imine (C=N–C) groups is 1. The van der Waals surface area contributed by atoms with E-state index in [0.29, 0.717) is 71.1 Å². The first-order valence-electron chi connectivity index (χ1n) is 16.5. The van der Waals surface area contributed by atoms with Gasteiger partial charge in [0.25, 0.3) is 23.6 Å². The Morgan fingerprint density at radius 1 is 0.745 bits per heavy atom. The molecule has 0 radical (unpaired) electrons. The Morgan fingerprint density at radius 3 is 1.71 bits per heavy atom. The highest BCUT2D eigenvalue weighted by Gasteiger charge is 2.19. The lowest BCUT2D eigenvalue weighted by Gasteiger charge is -2.22. The summed E-state index contributed by atoms with van der Waals surface area (Å²) >= 11 is 11.8. The van der Waals surface area contributed by atoms with Crippen LogP contribution in [0.3, 0.4) is 0 Å². The van der Waals surface area contributed by atoms with Crippen molar-refractivity contribution in [2.75, 3.05) is 65.3 Å². The third-order valence-corrected chi connectivity index (χ3v) is 8.65. The third-order valence-electron chi connectivity index (χ3n) is 8.31. The number of aromatic nitrogens is 3. The molecule has 0 bridgehead atoms. The molecule has 1 aliphatic heterocycles. The van der Waals surface area contributed by atoms with Crippen molar-refractivity contribution in [1.29, 1.82) is 0 Å². The van der Waals surface area contributed by atoms with E-state index in [2.05, 4.69) is 31.6 Å². The van der Waals surface area contributed by atoms with Crippen molar-refractivity contribution in [1.82, 2.24) is 24.3 Å². The maximum absolute atomic E-state index is 13.2. The number of hydrogen-bond donors (Lipinski definition) is 5. The van der Waals surface area contributed by atoms with Crippen LogP contribution in [0.4, 0.5) is 22.7 Å². The van der Waals surface area contributed by atoms with Crippen LogP contribution in [0.25, 0.3) is 0 Å². The molecule has 4 aromatic rings. The standard InChI is InChI=1S/C35H42Cl2N10O4/c1-44-21-25(17-28(44)33(49)40-12-4-5-31-38-13-14-39-31)42-35(51)30-19-26(22-46(30)3)43-34(50)29-18-24(20-45(29)2)41-32(48)23-6-8-27(9-7-23)47(15-10-36)16-11-37/h6-9,17-22H,4-5,10-16H2,1-3H3,(H,38,39)(H,40,49)(H,41,48)(H,42,51)(H,43,50). The zero-order valence-corrected chi connectivity index (χ0v) is 30.3. The summed E-state index contributed by atoms with van der Waals surface area (Å²) in [5.74, 6) is 0.477. The maximum atomic E-state index is 13.2. The summed E-state index contributed by atoms with van der Waals surface area (Å²) < 4.78 is 4.85. The molecule has 16 heteroatoms. The minimum atomic E-state index is -0.426. The zero-order valence-electron chi connectivity index (χ0n) is 28.8. The van der Waals surface area contributed by atoms with Gasteiger partial charge in [0, 0.05) is 95.3 Å². The lowest BCUT2D eigenvalue weighted by molar-refractivity contribution is 0.0943. The van der Waals surface area contributed by atoms with Crippen LogP contribution in [-0.2, 0) is 21.1 Å². The molecule has 0 spiro atoms. The highest BCUT2D eigenvalue weighted by Crippen LogP contribution is 2.21. The first-order valence-corrected chi connectivity index (χ1v) is 17.6. The Hall–Kier alpha value is -5.21. The lowest BCUT2D eigenvalue weighted by Crippen LogP contribution is -2.27. The second-order valence-electron chi connectivity index (χ2n) is 12.1. The number of benzene rings is 1. The second-order valence-corrected chi connectivity index (χ2v) is 12.8. The molecular weight excluding hydrogens is 695 g/mol. The number of rotatable bonds is 16. The third kappa shape index (κ3) is 9.52. The number of halogens is 2. The summed E-state index contributed by atoms with van der Waals surface area (Å²) in [4.78, 5) is 58.5. The van der Waals surface area contributed by atoms with E-state index in [1.54, 1.807) is 83.8 Å². The van der Waals surface area contributed by atoms with Gasteiger partial charge in [-0.2, -0.15) is 0 Å². The zero-order chi connectivity index (χ0) is 36.5. The van der Waals surface area contributed by atoms with Gasteiger partial charge in [-0.15, -0.1) is 23.2 Å². The summed E-state index contributed by atoms with van der Waals surface area (Å²) in [5, 5.41) is 14.6. The van der Waals surface area contributed by atoms with E-state index < -0.39 is 11.8 Å². The Morgan fingerprint density at radius 2 is 1.24 bits per heavy atom. The quantitative estimate of drug-likeness (QED) is 0.0855. The summed E-state index contributed by atoms with van der Waals surface area (Å²) in [5.41, 5.74) is 3.68. The number of nitrogens with zero attached hydrogens (tertiary/aromatic N) is 5. The molecule has 14 nitrogen and oxygen atoms in total. The van der Waals surface area contributed by atoms with Crippen LogP contribution in [0.15, 0.2) is 66.0 Å². The number of amides is 4. The first-order chi connectivity index (χ1) is 24.6. The van der Waals surface area contributed by atoms with Gasteiger partial charge in [-0.1, -0.05) is 0 Å². The van der Waals surface area contributed by atoms with E-state index in [1.165, 1.54) is 0 Å². The smallest absolute Gasteiger partial charge is 0.272 e. The van der Waals surface area contributed by atoms with E-state index in [4.69, 9.17) is 23.2 Å². The molecule has 0 saturated heterocycles. The fourth-order valence-corrected chi connectivity index (χ4v) is 6.14. The highest BCUT2D eigenvalue weighted by molar-refractivity contribution is 6.18. The molecule has 4 heterocycles. The molecule has 4 amide bonds. The van der Waals surface area contributed by atoms with E-state index in [1.807, 2.05) is 17.0 Å². The van der Waals surface area contributed by atoms with Gasteiger partial charge in [0.1, 0.15) is 17.1 Å². The number of amidine groups is 1. The fraction of sp³-hybridized carbons (Fsp3) is 0.343. The van der Waals surface area contributed by atoms with E-state index in [-0.39, 0.29) is 11.8 Å². The number of carbonyl (C=O) groups is 4. The molecule has 5 N–H and O–H groups in total. The number of alkyl halides is 2. The van der Waals surface area contributed by atoms with Gasteiger partial charge in [0.2, 0.25) is 0 Å². The monoisotopic (exact) mass is 736 g/mol. The molecule has 0 saturated carbocycles. The van der Waals surface area contributed by atoms with Gasteiger partial charge < -0.3 is 45.2 Å². The van der Waals surface area contributed by atoms with Gasteiger partial charge >= 0.3 is 0 Å². The highest BCUT2D eigenvalue weighted by atomic mass is 35.5. The van der Waals surface area contributed by atoms with Crippen LogP contribution in [0, 0.1) is 0 Å². The maximum Gasteiger partial charge on any atom is 0.272 e. The van der Waals surface area contributed by atoms with Crippen molar-refractivity contribution in [3.05, 3.63) is 83.7 Å². The molecule has 0 unspecified atom stereocenters. The van der Waals surface area contributed by atoms with Crippen molar-refractivity contribution in [3.8, 4) is 0 Å². The van der Waals surface area contributed by atoms with Crippen LogP contribution in [0.5, 0.6) is 0 Å². The number of hydrogen-bond acceptors (Lipinski definition) is 7. The number of carbonyl (C=O) groups excluding carboxylic acids is 4. The van der Waals surface area contributed by atoms with E-state index in [9.17, 15) is 19.2 Å². The Bertz CT molecular complexity index is 1900. The lowest BCUT2D eigenvalue weighted by atomic mass is 10.1. The van der Waals surface area contributed by atoms with Crippen LogP contribution in [-0.4, -0.2) is 87.6 Å². The van der Waals surface area contributed by atoms with Gasteiger partial charge in [0.05, 0.1) is 29.4 Å². The van der Waals surface area contributed by atoms with Crippen LogP contribution < -0.4 is 31.5 Å². The summed E-state index contributed by atoms with van der Waals surface area (Å²) in [6.45, 7) is 3.43. The van der Waals surface area contributed by atoms with Gasteiger partial charge in [-0.05, 0) is 48.9 Å². The molecule has 51 heavy (non-hydrogen) atoms. The minimum absolute atomic E-state index is 0.242. The summed E-state index contributed by atoms with van der Waals surface area (Å²) in [6, 6.07) is 11.9. The normalized spacial score (nSPS) is 12.2. The molecule has 5 rings (SSSR count). The number of nitrogens with one attached hydrogen (secondary N) is 5. The Kier molecular flexibility index (Phi) is 12.5. The van der Waals surface area contributed by atoms with Crippen molar-refractivity contribution in [2.45, 2.75) is 12.8 Å². The van der Waals surface area contributed by atoms with E-state index >= 15 is 0 Å². The van der Waals surface area contributed by atoms with Gasteiger partial charge in [0.15, 0.2) is 0 Å². The fourth-order valence-electron chi connectivity index (χ4n) is 5.73. The average Bonchev–Trinajstić information content (AvgIpc) is 3.91. The van der Waals surface area contributed by atoms with Gasteiger partial charge in [-0.25, -0.2) is 0 Å². The Balaban J connectivity index is 1.15. The van der Waals surface area contributed by atoms with Crippen molar-refractivity contribution >= 4 is 75.4 Å².